The summed E-state index contributed by atoms with van der Waals surface area (Å²) in [6.45, 7) is 0.216. The maximum atomic E-state index is 11.9. The Morgan fingerprint density at radius 3 is 2.59 bits per heavy atom. The number of nitrogens with two attached hydrogens (primary N) is 1. The van der Waals surface area contributed by atoms with E-state index in [2.05, 4.69) is 0 Å². The van der Waals surface area contributed by atoms with Crippen LogP contribution in [0, 0.1) is 0 Å². The number of rotatable bonds is 2. The maximum absolute atomic E-state index is 11.9. The lowest BCUT2D eigenvalue weighted by molar-refractivity contribution is 0.476. The summed E-state index contributed by atoms with van der Waals surface area (Å²) < 4.78 is 1.50. The maximum Gasteiger partial charge on any atom is 0.255 e. The lowest BCUT2D eigenvalue weighted by Gasteiger charge is -2.11. The minimum Gasteiger partial charge on any atom is -0.507 e. The van der Waals surface area contributed by atoms with E-state index in [0.717, 1.165) is 0 Å². The summed E-state index contributed by atoms with van der Waals surface area (Å²) in [6, 6.07) is 10.4. The van der Waals surface area contributed by atoms with Crippen molar-refractivity contribution < 1.29 is 5.11 Å². The first kappa shape index (κ1) is 11.4. The molecule has 0 atom stereocenters. The average Bonchev–Trinajstić information content (AvgIpc) is 2.34. The van der Waals surface area contributed by atoms with E-state index in [1.54, 1.807) is 37.4 Å². The van der Waals surface area contributed by atoms with E-state index < -0.39 is 0 Å². The fourth-order valence-corrected chi connectivity index (χ4v) is 1.80. The number of aromatic nitrogens is 1. The van der Waals surface area contributed by atoms with Crippen LogP contribution in [0.2, 0.25) is 0 Å². The summed E-state index contributed by atoms with van der Waals surface area (Å²) in [6.07, 6.45) is 0. The van der Waals surface area contributed by atoms with Crippen molar-refractivity contribution in [1.82, 2.24) is 4.57 Å². The van der Waals surface area contributed by atoms with Gasteiger partial charge >= 0.3 is 0 Å². The highest BCUT2D eigenvalue weighted by atomic mass is 16.3. The molecule has 0 aliphatic rings. The molecule has 0 spiro atoms. The SMILES string of the molecule is Cn1c(-c2ccccc2O)ccc(CN)c1=O. The summed E-state index contributed by atoms with van der Waals surface area (Å²) in [7, 11) is 1.67. The number of pyridine rings is 1. The number of hydrogen-bond acceptors (Lipinski definition) is 3. The van der Waals surface area contributed by atoms with Gasteiger partial charge in [-0.15, -0.1) is 0 Å². The van der Waals surface area contributed by atoms with Crippen molar-refractivity contribution in [3.05, 3.63) is 52.3 Å². The first-order chi connectivity index (χ1) is 8.15. The van der Waals surface area contributed by atoms with Crippen LogP contribution in [0.15, 0.2) is 41.2 Å². The molecule has 3 N–H and O–H groups in total. The van der Waals surface area contributed by atoms with E-state index in [1.807, 2.05) is 6.07 Å². The largest absolute Gasteiger partial charge is 0.507 e. The van der Waals surface area contributed by atoms with Gasteiger partial charge < -0.3 is 15.4 Å². The number of phenols is 1. The van der Waals surface area contributed by atoms with Crippen LogP contribution < -0.4 is 11.3 Å². The van der Waals surface area contributed by atoms with E-state index in [1.165, 1.54) is 4.57 Å². The van der Waals surface area contributed by atoms with Crippen LogP contribution in [0.1, 0.15) is 5.56 Å². The zero-order chi connectivity index (χ0) is 12.4. The molecule has 0 fully saturated rings. The molecular formula is C13H14N2O2. The standard InChI is InChI=1S/C13H14N2O2/c1-15-11(7-6-9(8-14)13(15)17)10-4-2-3-5-12(10)16/h2-7,16H,8,14H2,1H3. The van der Waals surface area contributed by atoms with Gasteiger partial charge in [0.05, 0.1) is 5.69 Å². The predicted molar refractivity (Wildman–Crippen MR) is 66.7 cm³/mol. The molecule has 4 heteroatoms. The van der Waals surface area contributed by atoms with Crippen molar-refractivity contribution in [3.63, 3.8) is 0 Å². The van der Waals surface area contributed by atoms with E-state index in [9.17, 15) is 9.90 Å². The van der Waals surface area contributed by atoms with Crippen molar-refractivity contribution in [1.29, 1.82) is 0 Å². The molecule has 1 aromatic carbocycles. The van der Waals surface area contributed by atoms with Crippen molar-refractivity contribution >= 4 is 0 Å². The minimum atomic E-state index is -0.131. The summed E-state index contributed by atoms with van der Waals surface area (Å²) in [5, 5.41) is 9.77. The van der Waals surface area contributed by atoms with Crippen LogP contribution in [0.5, 0.6) is 5.75 Å². The fourth-order valence-electron chi connectivity index (χ4n) is 1.80. The van der Waals surface area contributed by atoms with Gasteiger partial charge in [0.2, 0.25) is 0 Å². The number of phenolic OH excluding ortho intramolecular Hbond substituents is 1. The normalized spacial score (nSPS) is 10.5. The first-order valence-electron chi connectivity index (χ1n) is 5.32. The van der Waals surface area contributed by atoms with Gasteiger partial charge in [-0.1, -0.05) is 18.2 Å². The molecule has 0 saturated heterocycles. The molecule has 4 nitrogen and oxygen atoms in total. The summed E-state index contributed by atoms with van der Waals surface area (Å²) >= 11 is 0. The molecule has 0 aliphatic carbocycles. The van der Waals surface area contributed by atoms with Crippen molar-refractivity contribution in [2.24, 2.45) is 12.8 Å². The van der Waals surface area contributed by atoms with Crippen LogP contribution in [0.4, 0.5) is 0 Å². The molecule has 2 aromatic rings. The third-order valence-corrected chi connectivity index (χ3v) is 2.78. The van der Waals surface area contributed by atoms with Crippen LogP contribution in [-0.2, 0) is 13.6 Å². The Bertz CT molecular complexity index is 603. The Labute approximate surface area is 98.9 Å². The minimum absolute atomic E-state index is 0.131. The molecule has 0 saturated carbocycles. The predicted octanol–water partition coefficient (Wildman–Crippen LogP) is 1.22. The number of para-hydroxylation sites is 1. The highest BCUT2D eigenvalue weighted by Crippen LogP contribution is 2.27. The highest BCUT2D eigenvalue weighted by Gasteiger charge is 2.09. The lowest BCUT2D eigenvalue weighted by Crippen LogP contribution is -2.23. The Balaban J connectivity index is 2.66. The Morgan fingerprint density at radius 1 is 1.24 bits per heavy atom. The summed E-state index contributed by atoms with van der Waals surface area (Å²) in [5.74, 6) is 0.156. The fraction of sp³-hybridized carbons (Fsp3) is 0.154. The second-order valence-electron chi connectivity index (χ2n) is 3.83. The quantitative estimate of drug-likeness (QED) is 0.815. The summed E-state index contributed by atoms with van der Waals surface area (Å²) in [4.78, 5) is 11.9. The third kappa shape index (κ3) is 1.94. The van der Waals surface area contributed by atoms with Gasteiger partial charge in [-0.05, 0) is 18.2 Å². The van der Waals surface area contributed by atoms with E-state index >= 15 is 0 Å². The van der Waals surface area contributed by atoms with Crippen molar-refractivity contribution in [2.45, 2.75) is 6.54 Å². The highest BCUT2D eigenvalue weighted by molar-refractivity contribution is 5.67. The third-order valence-electron chi connectivity index (χ3n) is 2.78. The molecular weight excluding hydrogens is 216 g/mol. The van der Waals surface area contributed by atoms with Gasteiger partial charge in [-0.2, -0.15) is 0 Å². The van der Waals surface area contributed by atoms with Crippen LogP contribution in [0.3, 0.4) is 0 Å². The van der Waals surface area contributed by atoms with Gasteiger partial charge in [0.15, 0.2) is 0 Å². The molecule has 0 aliphatic heterocycles. The zero-order valence-corrected chi connectivity index (χ0v) is 9.55. The van der Waals surface area contributed by atoms with Crippen LogP contribution in [-0.4, -0.2) is 9.67 Å². The van der Waals surface area contributed by atoms with Gasteiger partial charge in [0, 0.05) is 24.7 Å². The zero-order valence-electron chi connectivity index (χ0n) is 9.55. The average molecular weight is 230 g/mol. The molecule has 1 aromatic heterocycles. The molecule has 0 unspecified atom stereocenters. The Morgan fingerprint density at radius 2 is 1.94 bits per heavy atom. The molecule has 2 rings (SSSR count). The second kappa shape index (κ2) is 4.43. The molecule has 1 heterocycles. The number of benzene rings is 1. The first-order valence-corrected chi connectivity index (χ1v) is 5.32. The second-order valence-corrected chi connectivity index (χ2v) is 3.83. The Hall–Kier alpha value is -2.07. The smallest absolute Gasteiger partial charge is 0.255 e. The number of aromatic hydroxyl groups is 1. The van der Waals surface area contributed by atoms with Gasteiger partial charge in [0.25, 0.3) is 5.56 Å². The molecule has 17 heavy (non-hydrogen) atoms. The van der Waals surface area contributed by atoms with Crippen LogP contribution in [0.25, 0.3) is 11.3 Å². The molecule has 0 radical (unpaired) electrons. The lowest BCUT2D eigenvalue weighted by atomic mass is 10.1. The van der Waals surface area contributed by atoms with Crippen molar-refractivity contribution in [2.75, 3.05) is 0 Å². The Kier molecular flexibility index (Phi) is 2.97. The van der Waals surface area contributed by atoms with Crippen molar-refractivity contribution in [3.8, 4) is 17.0 Å². The van der Waals surface area contributed by atoms with Gasteiger partial charge in [-0.25, -0.2) is 0 Å². The van der Waals surface area contributed by atoms with E-state index in [0.29, 0.717) is 16.8 Å². The van der Waals surface area contributed by atoms with Gasteiger partial charge in [-0.3, -0.25) is 4.79 Å². The monoisotopic (exact) mass is 230 g/mol. The van der Waals surface area contributed by atoms with E-state index in [4.69, 9.17) is 5.73 Å². The molecule has 0 amide bonds. The molecule has 88 valence electrons. The van der Waals surface area contributed by atoms with Gasteiger partial charge in [0.1, 0.15) is 5.75 Å². The summed E-state index contributed by atoms with van der Waals surface area (Å²) in [5.41, 5.74) is 7.21. The number of hydrogen-bond donors (Lipinski definition) is 2. The number of nitrogens with zero attached hydrogens (tertiary/aromatic N) is 1. The van der Waals surface area contributed by atoms with E-state index in [-0.39, 0.29) is 17.9 Å². The topological polar surface area (TPSA) is 68.2 Å². The molecule has 0 bridgehead atoms. The van der Waals surface area contributed by atoms with Crippen LogP contribution >= 0.6 is 0 Å².